The van der Waals surface area contributed by atoms with Gasteiger partial charge in [-0.15, -0.1) is 0 Å². The molecule has 0 bridgehead atoms. The van der Waals surface area contributed by atoms with Gasteiger partial charge in [0.25, 0.3) is 0 Å². The number of anilines is 1. The first-order valence-electron chi connectivity index (χ1n) is 13.0. The summed E-state index contributed by atoms with van der Waals surface area (Å²) in [7, 11) is 1.80. The lowest BCUT2D eigenvalue weighted by Gasteiger charge is -2.20. The van der Waals surface area contributed by atoms with Crippen molar-refractivity contribution in [3.63, 3.8) is 0 Å². The highest BCUT2D eigenvalue weighted by molar-refractivity contribution is 6.16. The summed E-state index contributed by atoms with van der Waals surface area (Å²) >= 11 is 0. The molecule has 0 saturated heterocycles. The molecule has 2 heterocycles. The van der Waals surface area contributed by atoms with E-state index in [9.17, 15) is 14.4 Å². The molecule has 2 aromatic heterocycles. The zero-order valence-corrected chi connectivity index (χ0v) is 21.1. The highest BCUT2D eigenvalue weighted by Crippen LogP contribution is 2.37. The molecule has 1 aromatic carbocycles. The third-order valence-electron chi connectivity index (χ3n) is 7.01. The maximum atomic E-state index is 12.9. The van der Waals surface area contributed by atoms with Crippen LogP contribution in [0.3, 0.4) is 0 Å². The molecule has 10 heteroatoms. The van der Waals surface area contributed by atoms with Gasteiger partial charge < -0.3 is 9.40 Å². The largest absolute Gasteiger partial charge is 0.387 e. The molecule has 2 amide bonds. The Labute approximate surface area is 219 Å². The third-order valence-corrected chi connectivity index (χ3v) is 7.01. The Morgan fingerprint density at radius 3 is 2.24 bits per heavy atom. The lowest BCUT2D eigenvalue weighted by molar-refractivity contribution is -0.127. The van der Waals surface area contributed by atoms with Gasteiger partial charge in [0.15, 0.2) is 18.3 Å². The second-order valence-corrected chi connectivity index (χ2v) is 10.1. The second-order valence-electron chi connectivity index (χ2n) is 10.1. The van der Waals surface area contributed by atoms with Crippen molar-refractivity contribution in [1.29, 1.82) is 0 Å². The number of imidazole rings is 1. The normalized spacial score (nSPS) is 17.2. The van der Waals surface area contributed by atoms with Crippen LogP contribution in [0.5, 0.6) is 0 Å². The molecule has 3 aromatic rings. The van der Waals surface area contributed by atoms with Crippen LogP contribution in [0.2, 0.25) is 0 Å². The molecule has 38 heavy (non-hydrogen) atoms. The Morgan fingerprint density at radius 1 is 0.947 bits per heavy atom. The van der Waals surface area contributed by atoms with Gasteiger partial charge >= 0.3 is 0 Å². The predicted octanol–water partition coefficient (Wildman–Crippen LogP) is 3.45. The van der Waals surface area contributed by atoms with Crippen LogP contribution in [-0.2, 0) is 28.1 Å². The highest BCUT2D eigenvalue weighted by atomic mass is 16.6. The summed E-state index contributed by atoms with van der Waals surface area (Å²) in [6.45, 7) is -0.0705. The molecule has 0 atom stereocenters. The number of carbonyl (C=O) groups excluding carboxylic acids is 3. The van der Waals surface area contributed by atoms with E-state index in [1.54, 1.807) is 23.9 Å². The number of aromatic nitrogens is 4. The fraction of sp³-hybridized carbons (Fsp3) is 0.393. The van der Waals surface area contributed by atoms with E-state index in [-0.39, 0.29) is 47.8 Å². The minimum atomic E-state index is -0.190. The zero-order valence-electron chi connectivity index (χ0n) is 21.1. The van der Waals surface area contributed by atoms with E-state index in [1.807, 2.05) is 30.3 Å². The Hall–Kier alpha value is -4.21. The fourth-order valence-corrected chi connectivity index (χ4v) is 4.33. The van der Waals surface area contributed by atoms with E-state index in [0.717, 1.165) is 44.1 Å². The first kappa shape index (κ1) is 24.1. The first-order valence-corrected chi connectivity index (χ1v) is 13.0. The zero-order chi connectivity index (χ0) is 26.2. The van der Waals surface area contributed by atoms with Gasteiger partial charge in [0.05, 0.1) is 11.9 Å². The van der Waals surface area contributed by atoms with Gasteiger partial charge in [0.2, 0.25) is 17.6 Å². The molecule has 10 nitrogen and oxygen atoms in total. The quantitative estimate of drug-likeness (QED) is 0.177. The van der Waals surface area contributed by atoms with Gasteiger partial charge in [-0.25, -0.2) is 19.9 Å². The fourth-order valence-electron chi connectivity index (χ4n) is 4.33. The standard InChI is InChI=1S/C28H28N6O4/c1-33-21(15-30-26(33)25(35)18-7-8-18)24(17-5-3-2-4-6-17)32-38-16-22-29-14-13-23(31-22)34(27(36)19-9-10-19)28(37)20-11-12-20/h2-6,13-15,18-20H,7-12,16H2,1H3. The summed E-state index contributed by atoms with van der Waals surface area (Å²) in [6, 6.07) is 11.1. The monoisotopic (exact) mass is 512 g/mol. The van der Waals surface area contributed by atoms with E-state index in [1.165, 1.54) is 11.1 Å². The van der Waals surface area contributed by atoms with Crippen LogP contribution in [-0.4, -0.2) is 42.8 Å². The number of benzene rings is 1. The Kier molecular flexibility index (Phi) is 6.30. The number of rotatable bonds is 10. The van der Waals surface area contributed by atoms with Gasteiger partial charge in [-0.05, 0) is 44.6 Å². The maximum Gasteiger partial charge on any atom is 0.238 e. The van der Waals surface area contributed by atoms with Crippen molar-refractivity contribution in [2.24, 2.45) is 30.0 Å². The van der Waals surface area contributed by atoms with Crippen LogP contribution in [0.1, 0.15) is 66.2 Å². The lowest BCUT2D eigenvalue weighted by atomic mass is 10.1. The van der Waals surface area contributed by atoms with Crippen molar-refractivity contribution in [2.75, 3.05) is 4.90 Å². The topological polar surface area (TPSA) is 120 Å². The van der Waals surface area contributed by atoms with Crippen molar-refractivity contribution < 1.29 is 19.2 Å². The summed E-state index contributed by atoms with van der Waals surface area (Å²) < 4.78 is 1.75. The van der Waals surface area contributed by atoms with Crippen molar-refractivity contribution in [2.45, 2.75) is 45.1 Å². The number of oxime groups is 1. The van der Waals surface area contributed by atoms with Crippen molar-refractivity contribution >= 4 is 29.1 Å². The Balaban J connectivity index is 1.24. The molecule has 0 spiro atoms. The molecule has 0 radical (unpaired) electrons. The first-order chi connectivity index (χ1) is 18.5. The van der Waals surface area contributed by atoms with E-state index in [0.29, 0.717) is 23.1 Å². The number of imide groups is 1. The minimum Gasteiger partial charge on any atom is -0.387 e. The molecule has 3 saturated carbocycles. The van der Waals surface area contributed by atoms with E-state index in [4.69, 9.17) is 4.84 Å². The molecule has 0 aliphatic heterocycles. The molecule has 3 aliphatic carbocycles. The number of hydrogen-bond donors (Lipinski definition) is 0. The number of nitrogens with zero attached hydrogens (tertiary/aromatic N) is 6. The highest BCUT2D eigenvalue weighted by Gasteiger charge is 2.42. The van der Waals surface area contributed by atoms with Crippen molar-refractivity contribution in [3.8, 4) is 0 Å². The number of Topliss-reactive ketones (excluding diaryl/α,β-unsaturated/α-hetero) is 1. The molecule has 6 rings (SSSR count). The van der Waals surface area contributed by atoms with Gasteiger partial charge in [0, 0.05) is 36.6 Å². The third kappa shape index (κ3) is 4.98. The van der Waals surface area contributed by atoms with Crippen molar-refractivity contribution in [1.82, 2.24) is 19.5 Å². The van der Waals surface area contributed by atoms with Crippen LogP contribution in [0.25, 0.3) is 0 Å². The average molecular weight is 513 g/mol. The summed E-state index contributed by atoms with van der Waals surface area (Å²) in [4.78, 5) is 58.5. The van der Waals surface area contributed by atoms with Gasteiger partial charge in [0.1, 0.15) is 11.5 Å². The predicted molar refractivity (Wildman–Crippen MR) is 137 cm³/mol. The smallest absolute Gasteiger partial charge is 0.238 e. The Morgan fingerprint density at radius 2 is 1.61 bits per heavy atom. The maximum absolute atomic E-state index is 12.9. The van der Waals surface area contributed by atoms with E-state index < -0.39 is 0 Å². The van der Waals surface area contributed by atoms with Crippen LogP contribution in [0, 0.1) is 17.8 Å². The molecule has 0 unspecified atom stereocenters. The summed E-state index contributed by atoms with van der Waals surface area (Å²) in [5.41, 5.74) is 1.96. The molecular weight excluding hydrogens is 484 g/mol. The van der Waals surface area contributed by atoms with Crippen molar-refractivity contribution in [3.05, 3.63) is 71.7 Å². The number of ketones is 1. The van der Waals surface area contributed by atoms with Crippen LogP contribution in [0.15, 0.2) is 53.9 Å². The molecule has 194 valence electrons. The lowest BCUT2D eigenvalue weighted by Crippen LogP contribution is -2.39. The number of hydrogen-bond acceptors (Lipinski definition) is 8. The van der Waals surface area contributed by atoms with Crippen LogP contribution in [0.4, 0.5) is 5.82 Å². The van der Waals surface area contributed by atoms with Crippen LogP contribution < -0.4 is 4.90 Å². The van der Waals surface area contributed by atoms with E-state index >= 15 is 0 Å². The number of carbonyl (C=O) groups is 3. The van der Waals surface area contributed by atoms with Gasteiger partial charge in [-0.2, -0.15) is 0 Å². The van der Waals surface area contributed by atoms with Crippen LogP contribution >= 0.6 is 0 Å². The summed E-state index contributed by atoms with van der Waals surface area (Å²) in [6.07, 6.45) is 8.15. The minimum absolute atomic E-state index is 0.0448. The second kappa shape index (κ2) is 9.92. The molecule has 3 fully saturated rings. The summed E-state index contributed by atoms with van der Waals surface area (Å²) in [5, 5.41) is 4.39. The molecule has 3 aliphatic rings. The SMILES string of the molecule is Cn1c(C(=NOCc2nccc(N(C(=O)C3CC3)C(=O)C3CC3)n2)c2ccccc2)cnc1C(=O)C1CC1. The number of amides is 2. The van der Waals surface area contributed by atoms with Gasteiger partial charge in [-0.3, -0.25) is 14.4 Å². The molecular formula is C28H28N6O4. The van der Waals surface area contributed by atoms with E-state index in [2.05, 4.69) is 20.1 Å². The Bertz CT molecular complexity index is 1400. The summed E-state index contributed by atoms with van der Waals surface area (Å²) in [5.74, 6) is 0.474. The average Bonchev–Trinajstić information content (AvgIpc) is 3.78. The van der Waals surface area contributed by atoms with Gasteiger partial charge in [-0.1, -0.05) is 35.5 Å². The molecule has 0 N–H and O–H groups in total.